The zero-order valence-corrected chi connectivity index (χ0v) is 19.9. The second-order valence-electron chi connectivity index (χ2n) is 7.77. The molecule has 1 rings (SSSR count). The van der Waals surface area contributed by atoms with Crippen molar-refractivity contribution in [3.63, 3.8) is 0 Å². The molecule has 4 unspecified atom stereocenters. The zero-order valence-electron chi connectivity index (χ0n) is 19.1. The minimum absolute atomic E-state index is 0.489. The first-order valence-corrected chi connectivity index (χ1v) is 13.5. The van der Waals surface area contributed by atoms with Gasteiger partial charge in [0, 0.05) is 0 Å². The molecule has 0 aromatic heterocycles. The van der Waals surface area contributed by atoms with Crippen molar-refractivity contribution in [2.75, 3.05) is 17.3 Å². The average molecular weight is 375 g/mol. The van der Waals surface area contributed by atoms with Gasteiger partial charge < -0.3 is 4.18 Å². The lowest BCUT2D eigenvalue weighted by molar-refractivity contribution is -0.0400. The van der Waals surface area contributed by atoms with Gasteiger partial charge in [0.2, 0.25) is 0 Å². The van der Waals surface area contributed by atoms with Gasteiger partial charge in [0.1, 0.15) is 0 Å². The fraction of sp³-hybridized carbons (Fsp3) is 1.00. The van der Waals surface area contributed by atoms with E-state index in [9.17, 15) is 0 Å². The van der Waals surface area contributed by atoms with Crippen LogP contribution in [-0.2, 0) is 4.18 Å². The van der Waals surface area contributed by atoms with E-state index >= 15 is 0 Å². The normalized spacial score (nSPS) is 28.8. The van der Waals surface area contributed by atoms with Crippen LogP contribution >= 0.6 is 10.3 Å². The average Bonchev–Trinajstić information content (AvgIpc) is 2.66. The van der Waals surface area contributed by atoms with Crippen LogP contribution in [0, 0.1) is 17.3 Å². The van der Waals surface area contributed by atoms with Crippen LogP contribution in [-0.4, -0.2) is 23.4 Å². The third-order valence-electron chi connectivity index (χ3n) is 6.91. The summed E-state index contributed by atoms with van der Waals surface area (Å²) in [6.45, 7) is 20.8. The van der Waals surface area contributed by atoms with Gasteiger partial charge in [-0.05, 0) is 47.4 Å². The number of hydrogen-bond donors (Lipinski definition) is 0. The van der Waals surface area contributed by atoms with Crippen LogP contribution in [0.5, 0.6) is 0 Å². The second kappa shape index (κ2) is 12.7. The van der Waals surface area contributed by atoms with E-state index < -0.39 is 10.3 Å². The molecule has 4 atom stereocenters. The van der Waals surface area contributed by atoms with Crippen LogP contribution < -0.4 is 0 Å². The van der Waals surface area contributed by atoms with Crippen LogP contribution in [0.1, 0.15) is 107 Å². The highest BCUT2D eigenvalue weighted by Crippen LogP contribution is 2.57. The number of rotatable bonds is 10. The van der Waals surface area contributed by atoms with Gasteiger partial charge in [-0.2, -0.15) is 0 Å². The summed E-state index contributed by atoms with van der Waals surface area (Å²) in [6, 6.07) is 0. The van der Waals surface area contributed by atoms with Crippen molar-refractivity contribution in [3.05, 3.63) is 0 Å². The van der Waals surface area contributed by atoms with Gasteiger partial charge in [-0.3, -0.25) is 0 Å². The molecule has 0 radical (unpaired) electrons. The molecule has 154 valence electrons. The Morgan fingerprint density at radius 2 is 1.56 bits per heavy atom. The van der Waals surface area contributed by atoms with Crippen LogP contribution in [0.3, 0.4) is 0 Å². The first kappa shape index (κ1) is 25.3. The van der Waals surface area contributed by atoms with Gasteiger partial charge in [-0.15, -0.1) is 10.3 Å². The molecule has 1 nitrogen and oxygen atoms in total. The maximum atomic E-state index is 6.98. The summed E-state index contributed by atoms with van der Waals surface area (Å²) >= 11 is 0. The molecule has 0 N–H and O–H groups in total. The van der Waals surface area contributed by atoms with Gasteiger partial charge in [0.05, 0.1) is 6.10 Å². The first-order chi connectivity index (χ1) is 12.0. The molecule has 0 saturated heterocycles. The standard InChI is InChI=1S/C21H44OS.C2H6/c1-8-15-18(9-2)21(7)17-14-16-20(19(21)10-3)22-23(11-4,12-5)13-6;1-2/h18-20H,8-17H2,1-7H3;1-2H3. The Morgan fingerprint density at radius 1 is 1.00 bits per heavy atom. The Kier molecular flexibility index (Phi) is 12.8. The summed E-state index contributed by atoms with van der Waals surface area (Å²) in [5.74, 6) is 5.32. The predicted octanol–water partition coefficient (Wildman–Crippen LogP) is 8.22. The van der Waals surface area contributed by atoms with Crippen LogP contribution in [0.4, 0.5) is 0 Å². The maximum Gasteiger partial charge on any atom is 0.0734 e. The largest absolute Gasteiger partial charge is 0.333 e. The number of hydrogen-bond acceptors (Lipinski definition) is 1. The lowest BCUT2D eigenvalue weighted by atomic mass is 9.57. The molecule has 0 aromatic rings. The highest BCUT2D eigenvalue weighted by atomic mass is 32.3. The van der Waals surface area contributed by atoms with Gasteiger partial charge in [-0.25, -0.2) is 0 Å². The molecule has 1 aliphatic carbocycles. The molecule has 0 bridgehead atoms. The summed E-state index contributed by atoms with van der Waals surface area (Å²) in [5, 5.41) is 0. The van der Waals surface area contributed by atoms with E-state index in [1.807, 2.05) is 13.8 Å². The summed E-state index contributed by atoms with van der Waals surface area (Å²) in [6.07, 6.45) is 9.93. The van der Waals surface area contributed by atoms with Crippen molar-refractivity contribution >= 4 is 10.3 Å². The third-order valence-corrected chi connectivity index (χ3v) is 10.7. The minimum atomic E-state index is -0.848. The molecule has 0 aliphatic heterocycles. The molecule has 1 saturated carbocycles. The Hall–Kier alpha value is 0.310. The monoisotopic (exact) mass is 374 g/mol. The van der Waals surface area contributed by atoms with E-state index in [0.717, 1.165) is 11.8 Å². The van der Waals surface area contributed by atoms with Crippen molar-refractivity contribution in [1.29, 1.82) is 0 Å². The maximum absolute atomic E-state index is 6.98. The molecular formula is C23H50OS. The molecule has 1 fully saturated rings. The molecular weight excluding hydrogens is 324 g/mol. The third kappa shape index (κ3) is 6.16. The van der Waals surface area contributed by atoms with Crippen molar-refractivity contribution in [1.82, 2.24) is 0 Å². The highest BCUT2D eigenvalue weighted by Gasteiger charge is 2.46. The van der Waals surface area contributed by atoms with E-state index in [2.05, 4.69) is 48.5 Å². The van der Waals surface area contributed by atoms with E-state index in [0.29, 0.717) is 11.5 Å². The molecule has 0 spiro atoms. The van der Waals surface area contributed by atoms with E-state index in [1.54, 1.807) is 0 Å². The Bertz CT molecular complexity index is 318. The van der Waals surface area contributed by atoms with Crippen molar-refractivity contribution in [2.45, 2.75) is 113 Å². The SMILES string of the molecule is CC.CCCC(CC)C1(C)CCCC(OS(CC)(CC)CC)C1CC. The quantitative estimate of drug-likeness (QED) is 0.374. The van der Waals surface area contributed by atoms with Crippen molar-refractivity contribution in [3.8, 4) is 0 Å². The Balaban J connectivity index is 0.00000277. The van der Waals surface area contributed by atoms with Crippen LogP contribution in [0.2, 0.25) is 0 Å². The first-order valence-electron chi connectivity index (χ1n) is 11.4. The Morgan fingerprint density at radius 3 is 1.96 bits per heavy atom. The van der Waals surface area contributed by atoms with E-state index in [4.69, 9.17) is 4.18 Å². The predicted molar refractivity (Wildman–Crippen MR) is 120 cm³/mol. The summed E-state index contributed by atoms with van der Waals surface area (Å²) in [7, 11) is -0.848. The Labute approximate surface area is 162 Å². The molecule has 0 heterocycles. The fourth-order valence-corrected chi connectivity index (χ4v) is 7.66. The minimum Gasteiger partial charge on any atom is -0.333 e. The topological polar surface area (TPSA) is 9.23 Å². The summed E-state index contributed by atoms with van der Waals surface area (Å²) < 4.78 is 6.98. The molecule has 0 amide bonds. The van der Waals surface area contributed by atoms with Gasteiger partial charge in [-0.1, -0.05) is 94.4 Å². The second-order valence-corrected chi connectivity index (χ2v) is 11.6. The zero-order chi connectivity index (χ0) is 19.5. The van der Waals surface area contributed by atoms with Crippen LogP contribution in [0.15, 0.2) is 0 Å². The molecule has 1 aliphatic rings. The van der Waals surface area contributed by atoms with Crippen molar-refractivity contribution < 1.29 is 4.18 Å². The molecule has 2 heteroatoms. The highest BCUT2D eigenvalue weighted by molar-refractivity contribution is 8.29. The summed E-state index contributed by atoms with van der Waals surface area (Å²) in [5.41, 5.74) is 0.489. The van der Waals surface area contributed by atoms with Crippen molar-refractivity contribution in [2.24, 2.45) is 17.3 Å². The smallest absolute Gasteiger partial charge is 0.0734 e. The fourth-order valence-electron chi connectivity index (χ4n) is 5.27. The van der Waals surface area contributed by atoms with E-state index in [1.165, 1.54) is 62.2 Å². The molecule has 25 heavy (non-hydrogen) atoms. The van der Waals surface area contributed by atoms with Crippen LogP contribution in [0.25, 0.3) is 0 Å². The lowest BCUT2D eigenvalue weighted by Crippen LogP contribution is -2.46. The van der Waals surface area contributed by atoms with Gasteiger partial charge >= 0.3 is 0 Å². The van der Waals surface area contributed by atoms with E-state index in [-0.39, 0.29) is 0 Å². The lowest BCUT2D eigenvalue weighted by Gasteiger charge is -2.53. The van der Waals surface area contributed by atoms with Gasteiger partial charge in [0.15, 0.2) is 0 Å². The molecule has 0 aromatic carbocycles. The summed E-state index contributed by atoms with van der Waals surface area (Å²) in [4.78, 5) is 0. The van der Waals surface area contributed by atoms with Gasteiger partial charge in [0.25, 0.3) is 0 Å².